The van der Waals surface area contributed by atoms with Crippen molar-refractivity contribution >= 4 is 6.09 Å². The predicted octanol–water partition coefficient (Wildman–Crippen LogP) is 4.48. The van der Waals surface area contributed by atoms with Crippen LogP contribution in [-0.4, -0.2) is 16.6 Å². The Morgan fingerprint density at radius 2 is 1.71 bits per heavy atom. The number of amides is 1. The molecule has 98 valence electrons. The van der Waals surface area contributed by atoms with E-state index >= 15 is 0 Å². The largest absolute Gasteiger partial charge is 0.443 e. The Morgan fingerprint density at radius 3 is 2.00 bits per heavy atom. The van der Waals surface area contributed by atoms with E-state index in [0.29, 0.717) is 5.70 Å². The summed E-state index contributed by atoms with van der Waals surface area (Å²) < 4.78 is 5.20. The fourth-order valence-electron chi connectivity index (χ4n) is 0.924. The minimum atomic E-state index is -0.507. The Morgan fingerprint density at radius 1 is 1.24 bits per heavy atom. The van der Waals surface area contributed by atoms with Crippen molar-refractivity contribution in [2.45, 2.75) is 47.1 Å². The van der Waals surface area contributed by atoms with E-state index in [1.807, 2.05) is 34.6 Å². The van der Waals surface area contributed by atoms with Crippen LogP contribution in [-0.2, 0) is 4.74 Å². The summed E-state index contributed by atoms with van der Waals surface area (Å²) in [5.41, 5.74) is 0.210. The van der Waals surface area contributed by atoms with Gasteiger partial charge in [-0.1, -0.05) is 33.1 Å². The Hall–Kier alpha value is -1.51. The van der Waals surface area contributed by atoms with E-state index in [1.54, 1.807) is 19.1 Å². The summed E-state index contributed by atoms with van der Waals surface area (Å²) >= 11 is 0. The van der Waals surface area contributed by atoms with Gasteiger partial charge in [-0.15, -0.1) is 0 Å². The van der Waals surface area contributed by atoms with E-state index in [4.69, 9.17) is 4.74 Å². The Kier molecular flexibility index (Phi) is 9.06. The molecule has 0 aliphatic carbocycles. The SMILES string of the molecule is C=C/C=C(\C)N(C=C)C(=O)OC(C)(C)C.CC. The first-order valence-corrected chi connectivity index (χ1v) is 5.76. The summed E-state index contributed by atoms with van der Waals surface area (Å²) in [4.78, 5) is 13.0. The fourth-order valence-corrected chi connectivity index (χ4v) is 0.924. The fraction of sp³-hybridized carbons (Fsp3) is 0.500. The summed E-state index contributed by atoms with van der Waals surface area (Å²) in [7, 11) is 0. The summed E-state index contributed by atoms with van der Waals surface area (Å²) in [5, 5.41) is 0. The van der Waals surface area contributed by atoms with Gasteiger partial charge < -0.3 is 4.74 Å². The minimum absolute atomic E-state index is 0.437. The van der Waals surface area contributed by atoms with Crippen molar-refractivity contribution in [1.82, 2.24) is 4.90 Å². The number of ether oxygens (including phenoxy) is 1. The lowest BCUT2D eigenvalue weighted by Gasteiger charge is -2.25. The van der Waals surface area contributed by atoms with Gasteiger partial charge in [-0.05, 0) is 33.8 Å². The normalized spacial score (nSPS) is 10.8. The molecule has 0 fully saturated rings. The van der Waals surface area contributed by atoms with Crippen LogP contribution < -0.4 is 0 Å². The highest BCUT2D eigenvalue weighted by molar-refractivity contribution is 5.71. The van der Waals surface area contributed by atoms with Gasteiger partial charge in [0.1, 0.15) is 5.60 Å². The highest BCUT2D eigenvalue weighted by atomic mass is 16.6. The van der Waals surface area contributed by atoms with Crippen LogP contribution in [0.25, 0.3) is 0 Å². The van der Waals surface area contributed by atoms with E-state index in [0.717, 1.165) is 0 Å². The minimum Gasteiger partial charge on any atom is -0.443 e. The zero-order chi connectivity index (χ0) is 14.1. The third-order valence-corrected chi connectivity index (χ3v) is 1.51. The molecular weight excluding hydrogens is 214 g/mol. The molecule has 3 heteroatoms. The van der Waals surface area contributed by atoms with Gasteiger partial charge in [0.25, 0.3) is 0 Å². The number of carbonyl (C=O) groups excluding carboxylic acids is 1. The van der Waals surface area contributed by atoms with Crippen LogP contribution in [0.15, 0.2) is 37.2 Å². The van der Waals surface area contributed by atoms with Crippen LogP contribution in [0.2, 0.25) is 0 Å². The monoisotopic (exact) mass is 239 g/mol. The molecule has 0 saturated heterocycles. The van der Waals surface area contributed by atoms with Gasteiger partial charge in [-0.2, -0.15) is 0 Å². The molecule has 0 heterocycles. The van der Waals surface area contributed by atoms with Gasteiger partial charge in [-0.25, -0.2) is 4.79 Å². The Balaban J connectivity index is 0. The maximum Gasteiger partial charge on any atom is 0.418 e. The summed E-state index contributed by atoms with van der Waals surface area (Å²) in [6.45, 7) is 18.4. The summed E-state index contributed by atoms with van der Waals surface area (Å²) in [5.74, 6) is 0. The molecule has 0 aliphatic heterocycles. The molecule has 0 unspecified atom stereocenters. The highest BCUT2D eigenvalue weighted by Gasteiger charge is 2.20. The molecule has 0 bridgehead atoms. The molecule has 17 heavy (non-hydrogen) atoms. The van der Waals surface area contributed by atoms with Crippen molar-refractivity contribution in [3.8, 4) is 0 Å². The van der Waals surface area contributed by atoms with Crippen molar-refractivity contribution in [2.75, 3.05) is 0 Å². The summed E-state index contributed by atoms with van der Waals surface area (Å²) in [6.07, 6.45) is 4.30. The zero-order valence-electron chi connectivity index (χ0n) is 11.9. The third-order valence-electron chi connectivity index (χ3n) is 1.51. The number of hydrogen-bond donors (Lipinski definition) is 0. The average Bonchev–Trinajstić information content (AvgIpc) is 2.19. The molecule has 0 saturated carbocycles. The molecule has 0 rings (SSSR count). The van der Waals surface area contributed by atoms with Gasteiger partial charge in [-0.3, -0.25) is 4.90 Å². The Labute approximate surface area is 105 Å². The lowest BCUT2D eigenvalue weighted by atomic mass is 10.2. The van der Waals surface area contributed by atoms with Crippen molar-refractivity contribution < 1.29 is 9.53 Å². The molecule has 1 amide bonds. The molecule has 0 aromatic rings. The van der Waals surface area contributed by atoms with Crippen molar-refractivity contribution in [3.63, 3.8) is 0 Å². The topological polar surface area (TPSA) is 29.5 Å². The molecule has 0 aromatic heterocycles. The first-order valence-electron chi connectivity index (χ1n) is 5.76. The number of rotatable bonds is 3. The van der Waals surface area contributed by atoms with E-state index < -0.39 is 11.7 Å². The number of nitrogens with zero attached hydrogens (tertiary/aromatic N) is 1. The summed E-state index contributed by atoms with van der Waals surface area (Å²) in [6, 6.07) is 0. The standard InChI is InChI=1S/C12H19NO2.C2H6/c1-7-9-10(3)13(8-2)11(14)15-12(4,5)6;1-2/h7-9H,1-2H2,3-6H3;1-2H3/b10-9+;. The average molecular weight is 239 g/mol. The smallest absolute Gasteiger partial charge is 0.418 e. The van der Waals surface area contributed by atoms with Gasteiger partial charge in [0.05, 0.1) is 0 Å². The number of allylic oxidation sites excluding steroid dienone is 3. The van der Waals surface area contributed by atoms with E-state index in [-0.39, 0.29) is 0 Å². The van der Waals surface area contributed by atoms with Gasteiger partial charge >= 0.3 is 6.09 Å². The molecule has 0 aliphatic rings. The van der Waals surface area contributed by atoms with Gasteiger partial charge in [0.15, 0.2) is 0 Å². The van der Waals surface area contributed by atoms with E-state index in [2.05, 4.69) is 13.2 Å². The van der Waals surface area contributed by atoms with Crippen LogP contribution in [0.5, 0.6) is 0 Å². The second-order valence-electron chi connectivity index (χ2n) is 4.08. The van der Waals surface area contributed by atoms with E-state index in [1.165, 1.54) is 11.1 Å². The maximum absolute atomic E-state index is 11.7. The molecule has 0 atom stereocenters. The predicted molar refractivity (Wildman–Crippen MR) is 73.6 cm³/mol. The molecule has 0 spiro atoms. The van der Waals surface area contributed by atoms with Crippen LogP contribution in [0, 0.1) is 0 Å². The van der Waals surface area contributed by atoms with Crippen LogP contribution in [0.3, 0.4) is 0 Å². The lowest BCUT2D eigenvalue weighted by molar-refractivity contribution is 0.0384. The molecular formula is C14H25NO2. The van der Waals surface area contributed by atoms with Crippen molar-refractivity contribution in [2.24, 2.45) is 0 Å². The van der Waals surface area contributed by atoms with Crippen LogP contribution >= 0.6 is 0 Å². The second-order valence-corrected chi connectivity index (χ2v) is 4.08. The van der Waals surface area contributed by atoms with Crippen LogP contribution in [0.4, 0.5) is 4.79 Å². The van der Waals surface area contributed by atoms with Crippen molar-refractivity contribution in [1.29, 1.82) is 0 Å². The highest BCUT2D eigenvalue weighted by Crippen LogP contribution is 2.13. The first-order chi connectivity index (χ1) is 7.81. The quantitative estimate of drug-likeness (QED) is 0.679. The Bertz CT molecular complexity index is 285. The molecule has 0 N–H and O–H groups in total. The molecule has 0 aromatic carbocycles. The van der Waals surface area contributed by atoms with Gasteiger partial charge in [0, 0.05) is 11.9 Å². The number of carbonyl (C=O) groups is 1. The maximum atomic E-state index is 11.7. The first kappa shape index (κ1) is 17.9. The van der Waals surface area contributed by atoms with E-state index in [9.17, 15) is 4.79 Å². The van der Waals surface area contributed by atoms with Gasteiger partial charge in [0.2, 0.25) is 0 Å². The molecule has 0 radical (unpaired) electrons. The lowest BCUT2D eigenvalue weighted by Crippen LogP contribution is -2.32. The van der Waals surface area contributed by atoms with Crippen LogP contribution in [0.1, 0.15) is 41.5 Å². The second kappa shape index (κ2) is 8.62. The van der Waals surface area contributed by atoms with Crippen molar-refractivity contribution in [3.05, 3.63) is 37.2 Å². The molecule has 3 nitrogen and oxygen atoms in total. The number of hydrogen-bond acceptors (Lipinski definition) is 2. The zero-order valence-corrected chi connectivity index (χ0v) is 11.9. The third kappa shape index (κ3) is 8.31.